The summed E-state index contributed by atoms with van der Waals surface area (Å²) >= 11 is 0. The van der Waals surface area contributed by atoms with Crippen molar-refractivity contribution in [3.8, 4) is 0 Å². The average Bonchev–Trinajstić information content (AvgIpc) is 2.77. The van der Waals surface area contributed by atoms with Crippen LogP contribution in [-0.2, 0) is 0 Å². The summed E-state index contributed by atoms with van der Waals surface area (Å²) in [6, 6.07) is 1.95. The summed E-state index contributed by atoms with van der Waals surface area (Å²) in [5.41, 5.74) is 2.06. The Kier molecular flexibility index (Phi) is 2.32. The van der Waals surface area contributed by atoms with E-state index in [9.17, 15) is 0 Å². The summed E-state index contributed by atoms with van der Waals surface area (Å²) in [5.74, 6) is 1.30. The van der Waals surface area contributed by atoms with Gasteiger partial charge in [-0.3, -0.25) is 0 Å². The Morgan fingerprint density at radius 3 is 2.73 bits per heavy atom. The van der Waals surface area contributed by atoms with Gasteiger partial charge in [-0.2, -0.15) is 4.98 Å². The molecule has 0 spiro atoms. The first-order valence-electron chi connectivity index (χ1n) is 4.67. The topological polar surface area (TPSA) is 72.6 Å². The maximum absolute atomic E-state index is 4.26. The molecule has 0 saturated heterocycles. The number of aryl methyl sites for hydroxylation is 1. The van der Waals surface area contributed by atoms with Gasteiger partial charge in [-0.1, -0.05) is 0 Å². The molecule has 0 fully saturated rings. The third-order valence-electron chi connectivity index (χ3n) is 2.08. The van der Waals surface area contributed by atoms with Crippen LogP contribution in [0.15, 0.2) is 12.3 Å². The second kappa shape index (κ2) is 3.64. The number of aromatic nitrogens is 4. The van der Waals surface area contributed by atoms with Gasteiger partial charge in [-0.05, 0) is 13.0 Å². The predicted molar refractivity (Wildman–Crippen MR) is 59.5 cm³/mol. The van der Waals surface area contributed by atoms with Crippen molar-refractivity contribution in [1.82, 2.24) is 20.2 Å². The summed E-state index contributed by atoms with van der Waals surface area (Å²) < 4.78 is 0. The Hall–Kier alpha value is -1.98. The van der Waals surface area contributed by atoms with Crippen molar-refractivity contribution < 1.29 is 0 Å². The van der Waals surface area contributed by atoms with E-state index in [1.54, 1.807) is 0 Å². The lowest BCUT2D eigenvalue weighted by Crippen LogP contribution is -2.10. The van der Waals surface area contributed by atoms with Gasteiger partial charge in [0.1, 0.15) is 0 Å². The molecule has 3 N–H and O–H groups in total. The van der Waals surface area contributed by atoms with E-state index in [4.69, 9.17) is 0 Å². The number of hydrogen-bond donors (Lipinski definition) is 3. The van der Waals surface area contributed by atoms with Crippen LogP contribution in [-0.4, -0.2) is 34.3 Å². The second-order valence-corrected chi connectivity index (χ2v) is 3.52. The summed E-state index contributed by atoms with van der Waals surface area (Å²) in [4.78, 5) is 9.18. The van der Waals surface area contributed by atoms with Crippen molar-refractivity contribution in [3.63, 3.8) is 0 Å². The van der Waals surface area contributed by atoms with Gasteiger partial charge in [0.2, 0.25) is 11.9 Å². The molecule has 6 nitrogen and oxygen atoms in total. The highest BCUT2D eigenvalue weighted by Gasteiger charge is 2.05. The highest BCUT2D eigenvalue weighted by molar-refractivity contribution is 5.56. The molecular formula is C9H14N6. The third-order valence-corrected chi connectivity index (χ3v) is 2.08. The summed E-state index contributed by atoms with van der Waals surface area (Å²) in [5, 5.41) is 10.0. The molecule has 2 aromatic rings. The Balaban J connectivity index is 2.15. The molecule has 0 radical (unpaired) electrons. The lowest BCUT2D eigenvalue weighted by Gasteiger charge is -2.04. The number of hydrogen-bond acceptors (Lipinski definition) is 4. The molecule has 2 rings (SSSR count). The molecule has 0 atom stereocenters. The summed E-state index contributed by atoms with van der Waals surface area (Å²) in [6.45, 7) is 1.99. The van der Waals surface area contributed by atoms with Crippen LogP contribution in [0.4, 0.5) is 17.6 Å². The zero-order valence-corrected chi connectivity index (χ0v) is 9.00. The molecule has 0 aliphatic heterocycles. The molecule has 6 heteroatoms. The van der Waals surface area contributed by atoms with E-state index >= 15 is 0 Å². The molecule has 0 amide bonds. The van der Waals surface area contributed by atoms with Crippen molar-refractivity contribution in [2.24, 2.45) is 0 Å². The molecule has 0 saturated carbocycles. The predicted octanol–water partition coefficient (Wildman–Crippen LogP) is 1.25. The molecule has 0 aliphatic rings. The Bertz CT molecular complexity index is 441. The number of nitrogens with zero attached hydrogens (tertiary/aromatic N) is 3. The van der Waals surface area contributed by atoms with Gasteiger partial charge < -0.3 is 15.2 Å². The van der Waals surface area contributed by atoms with Crippen molar-refractivity contribution in [3.05, 3.63) is 18.0 Å². The van der Waals surface area contributed by atoms with E-state index in [2.05, 4.69) is 25.5 Å². The van der Waals surface area contributed by atoms with Gasteiger partial charge in [0.25, 0.3) is 0 Å². The molecule has 2 aromatic heterocycles. The van der Waals surface area contributed by atoms with E-state index < -0.39 is 0 Å². The van der Waals surface area contributed by atoms with Crippen LogP contribution in [0.25, 0.3) is 0 Å². The van der Waals surface area contributed by atoms with Crippen LogP contribution in [0.3, 0.4) is 0 Å². The Labute approximate surface area is 87.7 Å². The lowest BCUT2D eigenvalue weighted by atomic mass is 10.4. The molecule has 15 heavy (non-hydrogen) atoms. The van der Waals surface area contributed by atoms with Crippen LogP contribution >= 0.6 is 0 Å². The van der Waals surface area contributed by atoms with Gasteiger partial charge in [-0.25, -0.2) is 5.10 Å². The molecule has 0 unspecified atom stereocenters. The fraction of sp³-hybridized carbons (Fsp3) is 0.333. The summed E-state index contributed by atoms with van der Waals surface area (Å²) in [6.07, 6.45) is 1.88. The minimum Gasteiger partial charge on any atom is -0.363 e. The first-order chi connectivity index (χ1) is 7.16. The van der Waals surface area contributed by atoms with Crippen molar-refractivity contribution >= 4 is 17.6 Å². The van der Waals surface area contributed by atoms with E-state index in [0.717, 1.165) is 11.4 Å². The largest absolute Gasteiger partial charge is 0.363 e. The number of anilines is 3. The van der Waals surface area contributed by atoms with Crippen LogP contribution < -0.4 is 10.2 Å². The number of aromatic amines is 2. The minimum absolute atomic E-state index is 0.640. The zero-order chi connectivity index (χ0) is 10.8. The Morgan fingerprint density at radius 2 is 2.20 bits per heavy atom. The van der Waals surface area contributed by atoms with Crippen molar-refractivity contribution in [1.29, 1.82) is 0 Å². The minimum atomic E-state index is 0.640. The highest BCUT2D eigenvalue weighted by atomic mass is 15.4. The molecule has 0 aliphatic carbocycles. The van der Waals surface area contributed by atoms with Gasteiger partial charge in [0, 0.05) is 26.0 Å². The highest BCUT2D eigenvalue weighted by Crippen LogP contribution is 2.17. The fourth-order valence-corrected chi connectivity index (χ4v) is 1.22. The number of rotatable bonds is 3. The molecule has 0 bridgehead atoms. The number of H-pyrrole nitrogens is 2. The van der Waals surface area contributed by atoms with Gasteiger partial charge >= 0.3 is 0 Å². The normalized spacial score (nSPS) is 10.3. The monoisotopic (exact) mass is 206 g/mol. The van der Waals surface area contributed by atoms with Crippen LogP contribution in [0.1, 0.15) is 5.69 Å². The van der Waals surface area contributed by atoms with Crippen LogP contribution in [0.2, 0.25) is 0 Å². The van der Waals surface area contributed by atoms with E-state index in [1.165, 1.54) is 0 Å². The van der Waals surface area contributed by atoms with Gasteiger partial charge in [0.15, 0.2) is 0 Å². The number of nitrogens with one attached hydrogen (secondary N) is 3. The molecular weight excluding hydrogens is 192 g/mol. The SMILES string of the molecule is Cc1[nH]ccc1Nc1nc(N(C)C)n[nH]1. The molecule has 2 heterocycles. The zero-order valence-electron chi connectivity index (χ0n) is 9.00. The second-order valence-electron chi connectivity index (χ2n) is 3.52. The van der Waals surface area contributed by atoms with Crippen LogP contribution in [0, 0.1) is 6.92 Å². The first-order valence-corrected chi connectivity index (χ1v) is 4.67. The quantitative estimate of drug-likeness (QED) is 0.706. The van der Waals surface area contributed by atoms with E-state index in [1.807, 2.05) is 38.2 Å². The van der Waals surface area contributed by atoms with Crippen molar-refractivity contribution in [2.45, 2.75) is 6.92 Å². The average molecular weight is 206 g/mol. The smallest absolute Gasteiger partial charge is 0.245 e. The lowest BCUT2D eigenvalue weighted by molar-refractivity contribution is 0.999. The molecule has 0 aromatic carbocycles. The van der Waals surface area contributed by atoms with Crippen LogP contribution in [0.5, 0.6) is 0 Å². The van der Waals surface area contributed by atoms with Crippen molar-refractivity contribution in [2.75, 3.05) is 24.3 Å². The maximum Gasteiger partial charge on any atom is 0.245 e. The first kappa shape index (κ1) is 9.57. The van der Waals surface area contributed by atoms with Gasteiger partial charge in [-0.15, -0.1) is 5.10 Å². The summed E-state index contributed by atoms with van der Waals surface area (Å²) in [7, 11) is 3.79. The standard InChI is InChI=1S/C9H14N6/c1-6-7(4-5-10-6)11-8-12-9(14-13-8)15(2)3/h4-5,10H,1-3H3,(H2,11,12,13,14). The molecule has 80 valence electrons. The fourth-order valence-electron chi connectivity index (χ4n) is 1.22. The van der Waals surface area contributed by atoms with Gasteiger partial charge in [0.05, 0.1) is 5.69 Å². The van der Waals surface area contributed by atoms with E-state index in [-0.39, 0.29) is 0 Å². The third kappa shape index (κ3) is 1.93. The Morgan fingerprint density at radius 1 is 1.40 bits per heavy atom. The maximum atomic E-state index is 4.26. The van der Waals surface area contributed by atoms with E-state index in [0.29, 0.717) is 11.9 Å².